The smallest absolute Gasteiger partial charge is 0.266 e. The second-order valence-electron chi connectivity index (χ2n) is 6.87. The van der Waals surface area contributed by atoms with Crippen molar-refractivity contribution in [1.82, 2.24) is 4.90 Å². The maximum Gasteiger partial charge on any atom is 0.266 e. The van der Waals surface area contributed by atoms with Crippen molar-refractivity contribution in [2.75, 3.05) is 11.9 Å². The Hall–Kier alpha value is -1.57. The zero-order valence-corrected chi connectivity index (χ0v) is 20.3. The molecule has 0 spiro atoms. The van der Waals surface area contributed by atoms with Crippen LogP contribution in [0.4, 0.5) is 5.69 Å². The van der Waals surface area contributed by atoms with Gasteiger partial charge in [-0.3, -0.25) is 14.5 Å². The second-order valence-corrected chi connectivity index (χ2v) is 9.82. The number of amides is 2. The summed E-state index contributed by atoms with van der Waals surface area (Å²) in [6, 6.07) is 12.2. The minimum absolute atomic E-state index is 0.0833. The number of halogens is 3. The van der Waals surface area contributed by atoms with Crippen LogP contribution >= 0.6 is 58.8 Å². The lowest BCUT2D eigenvalue weighted by Gasteiger charge is -2.14. The molecule has 0 saturated carbocycles. The lowest BCUT2D eigenvalue weighted by atomic mass is 10.1. The van der Waals surface area contributed by atoms with Gasteiger partial charge < -0.3 is 5.32 Å². The van der Waals surface area contributed by atoms with Gasteiger partial charge in [0.25, 0.3) is 5.91 Å². The zero-order chi connectivity index (χ0) is 22.4. The molecular weight excluding hydrogens is 495 g/mol. The van der Waals surface area contributed by atoms with Gasteiger partial charge in [0.05, 0.1) is 15.6 Å². The van der Waals surface area contributed by atoms with E-state index in [0.717, 1.165) is 18.4 Å². The Morgan fingerprint density at radius 2 is 1.74 bits per heavy atom. The molecule has 0 atom stereocenters. The van der Waals surface area contributed by atoms with Crippen LogP contribution in [0.3, 0.4) is 0 Å². The van der Waals surface area contributed by atoms with Crippen molar-refractivity contribution in [1.29, 1.82) is 0 Å². The molecule has 3 rings (SSSR count). The zero-order valence-electron chi connectivity index (χ0n) is 16.4. The Labute approximate surface area is 205 Å². The molecule has 31 heavy (non-hydrogen) atoms. The van der Waals surface area contributed by atoms with Crippen LogP contribution < -0.4 is 5.32 Å². The second kappa shape index (κ2) is 11.3. The lowest BCUT2D eigenvalue weighted by Crippen LogP contribution is -2.29. The SMILES string of the molecule is O=C(CCCCCN1C(=O)C(=Cc2ccc(Cl)cc2)SC1=S)Nc1ccc(Cl)cc1Cl. The summed E-state index contributed by atoms with van der Waals surface area (Å²) in [4.78, 5) is 27.0. The van der Waals surface area contributed by atoms with E-state index in [1.807, 2.05) is 18.2 Å². The van der Waals surface area contributed by atoms with Crippen LogP contribution in [-0.4, -0.2) is 27.6 Å². The first-order valence-corrected chi connectivity index (χ1v) is 11.9. The molecule has 0 aromatic heterocycles. The molecule has 1 aliphatic heterocycles. The number of unbranched alkanes of at least 4 members (excludes halogenated alkanes) is 2. The Morgan fingerprint density at radius 1 is 1.03 bits per heavy atom. The molecule has 1 saturated heterocycles. The maximum absolute atomic E-state index is 12.7. The number of thioether (sulfide) groups is 1. The molecule has 2 aromatic rings. The normalized spacial score (nSPS) is 15.1. The number of thiocarbonyl (C=S) groups is 1. The average Bonchev–Trinajstić information content (AvgIpc) is 2.98. The number of nitrogens with one attached hydrogen (secondary N) is 1. The van der Waals surface area contributed by atoms with Gasteiger partial charge in [-0.2, -0.15) is 0 Å². The van der Waals surface area contributed by atoms with E-state index in [1.165, 1.54) is 11.8 Å². The van der Waals surface area contributed by atoms with Gasteiger partial charge in [-0.25, -0.2) is 0 Å². The molecule has 0 aliphatic carbocycles. The number of benzene rings is 2. The number of carbonyl (C=O) groups is 2. The Bertz CT molecular complexity index is 1030. The number of rotatable bonds is 8. The van der Waals surface area contributed by atoms with Crippen LogP contribution in [0.15, 0.2) is 47.4 Å². The maximum atomic E-state index is 12.7. The Morgan fingerprint density at radius 3 is 2.45 bits per heavy atom. The molecule has 0 bridgehead atoms. The van der Waals surface area contributed by atoms with Crippen LogP contribution in [-0.2, 0) is 9.59 Å². The lowest BCUT2D eigenvalue weighted by molar-refractivity contribution is -0.122. The molecule has 162 valence electrons. The minimum atomic E-state index is -0.110. The number of hydrogen-bond donors (Lipinski definition) is 1. The molecule has 1 N–H and O–H groups in total. The van der Waals surface area contributed by atoms with Crippen LogP contribution in [0, 0.1) is 0 Å². The molecule has 2 amide bonds. The fourth-order valence-corrected chi connectivity index (χ4v) is 4.83. The third-order valence-corrected chi connectivity index (χ3v) is 6.71. The summed E-state index contributed by atoms with van der Waals surface area (Å²) in [5, 5.41) is 4.35. The van der Waals surface area contributed by atoms with Crippen LogP contribution in [0.25, 0.3) is 6.08 Å². The highest BCUT2D eigenvalue weighted by atomic mass is 35.5. The highest BCUT2D eigenvalue weighted by Crippen LogP contribution is 2.33. The standard InChI is InChI=1S/C22H19Cl3N2O2S2/c23-15-7-5-14(6-8-15)12-19-21(29)27(22(30)31-19)11-3-1-2-4-20(28)26-18-10-9-16(24)13-17(18)25/h5-10,12-13H,1-4,11H2,(H,26,28). The van der Waals surface area contributed by atoms with Crippen molar-refractivity contribution in [2.24, 2.45) is 0 Å². The van der Waals surface area contributed by atoms with E-state index >= 15 is 0 Å². The van der Waals surface area contributed by atoms with Gasteiger partial charge in [0.2, 0.25) is 5.91 Å². The molecular formula is C22H19Cl3N2O2S2. The van der Waals surface area contributed by atoms with Gasteiger partial charge in [0.1, 0.15) is 4.32 Å². The fraction of sp³-hybridized carbons (Fsp3) is 0.227. The number of anilines is 1. The highest BCUT2D eigenvalue weighted by Gasteiger charge is 2.31. The third kappa shape index (κ3) is 6.96. The predicted molar refractivity (Wildman–Crippen MR) is 135 cm³/mol. The molecule has 1 aliphatic rings. The van der Waals surface area contributed by atoms with Gasteiger partial charge in [-0.15, -0.1) is 0 Å². The summed E-state index contributed by atoms with van der Waals surface area (Å²) >= 11 is 24.5. The summed E-state index contributed by atoms with van der Waals surface area (Å²) in [5.41, 5.74) is 1.44. The first-order chi connectivity index (χ1) is 14.8. The van der Waals surface area contributed by atoms with Crippen LogP contribution in [0.5, 0.6) is 0 Å². The molecule has 2 aromatic carbocycles. The predicted octanol–water partition coefficient (Wildman–Crippen LogP) is 7.05. The van der Waals surface area contributed by atoms with E-state index in [4.69, 9.17) is 47.0 Å². The van der Waals surface area contributed by atoms with Gasteiger partial charge in [-0.05, 0) is 54.8 Å². The van der Waals surface area contributed by atoms with Gasteiger partial charge >= 0.3 is 0 Å². The third-order valence-electron chi connectivity index (χ3n) is 4.53. The summed E-state index contributed by atoms with van der Waals surface area (Å²) in [7, 11) is 0. The van der Waals surface area contributed by atoms with Gasteiger partial charge in [-0.1, -0.05) is 77.3 Å². The van der Waals surface area contributed by atoms with Gasteiger partial charge in [0.15, 0.2) is 0 Å². The first-order valence-electron chi connectivity index (χ1n) is 9.59. The summed E-state index contributed by atoms with van der Waals surface area (Å²) in [6.45, 7) is 0.535. The summed E-state index contributed by atoms with van der Waals surface area (Å²) in [6.07, 6.45) is 4.45. The van der Waals surface area contributed by atoms with E-state index in [1.54, 1.807) is 35.2 Å². The quantitative estimate of drug-likeness (QED) is 0.233. The van der Waals surface area contributed by atoms with E-state index in [0.29, 0.717) is 49.4 Å². The number of hydrogen-bond acceptors (Lipinski definition) is 4. The van der Waals surface area contributed by atoms with Crippen molar-refractivity contribution < 1.29 is 9.59 Å². The van der Waals surface area contributed by atoms with E-state index in [-0.39, 0.29) is 11.8 Å². The van der Waals surface area contributed by atoms with Crippen molar-refractivity contribution in [3.63, 3.8) is 0 Å². The molecule has 9 heteroatoms. The fourth-order valence-electron chi connectivity index (χ4n) is 2.94. The summed E-state index contributed by atoms with van der Waals surface area (Å²) in [5.74, 6) is -0.194. The Kier molecular flexibility index (Phi) is 8.81. The van der Waals surface area contributed by atoms with Gasteiger partial charge in [0, 0.05) is 23.0 Å². The summed E-state index contributed by atoms with van der Waals surface area (Å²) < 4.78 is 0.556. The molecule has 0 radical (unpaired) electrons. The van der Waals surface area contributed by atoms with Crippen molar-refractivity contribution in [3.8, 4) is 0 Å². The van der Waals surface area contributed by atoms with Crippen molar-refractivity contribution in [2.45, 2.75) is 25.7 Å². The van der Waals surface area contributed by atoms with Crippen LogP contribution in [0.1, 0.15) is 31.2 Å². The van der Waals surface area contributed by atoms with Crippen molar-refractivity contribution >= 4 is 86.7 Å². The van der Waals surface area contributed by atoms with E-state index in [2.05, 4.69) is 5.32 Å². The van der Waals surface area contributed by atoms with E-state index < -0.39 is 0 Å². The number of carbonyl (C=O) groups excluding carboxylic acids is 2. The molecule has 4 nitrogen and oxygen atoms in total. The largest absolute Gasteiger partial charge is 0.325 e. The molecule has 1 fully saturated rings. The average molecular weight is 514 g/mol. The van der Waals surface area contributed by atoms with Crippen molar-refractivity contribution in [3.05, 3.63) is 68.0 Å². The monoisotopic (exact) mass is 512 g/mol. The molecule has 0 unspecified atom stereocenters. The number of nitrogens with zero attached hydrogens (tertiary/aromatic N) is 1. The molecule has 1 heterocycles. The van der Waals surface area contributed by atoms with Crippen LogP contribution in [0.2, 0.25) is 15.1 Å². The first kappa shape index (κ1) is 24.1. The minimum Gasteiger partial charge on any atom is -0.325 e. The topological polar surface area (TPSA) is 49.4 Å². The Balaban J connectivity index is 1.42. The highest BCUT2D eigenvalue weighted by molar-refractivity contribution is 8.26. The van der Waals surface area contributed by atoms with E-state index in [9.17, 15) is 9.59 Å².